The first-order chi connectivity index (χ1) is 9.25. The molecule has 0 spiro atoms. The molecule has 1 fully saturated rings. The van der Waals surface area contributed by atoms with Gasteiger partial charge in [0.2, 0.25) is 5.91 Å². The van der Waals surface area contributed by atoms with Gasteiger partial charge in [0.1, 0.15) is 0 Å². The first kappa shape index (κ1) is 12.5. The van der Waals surface area contributed by atoms with Crippen LogP contribution >= 0.6 is 0 Å². The fourth-order valence-electron chi connectivity index (χ4n) is 3.48. The smallest absolute Gasteiger partial charge is 0.227 e. The third-order valence-electron chi connectivity index (χ3n) is 4.53. The summed E-state index contributed by atoms with van der Waals surface area (Å²) in [6.07, 6.45) is 7.77. The maximum atomic E-state index is 12.5. The second kappa shape index (κ2) is 5.24. The Morgan fingerprint density at radius 3 is 2.84 bits per heavy atom. The van der Waals surface area contributed by atoms with Crippen molar-refractivity contribution in [2.45, 2.75) is 44.9 Å². The van der Waals surface area contributed by atoms with Crippen LogP contribution in [0.4, 0.5) is 11.4 Å². The fourth-order valence-corrected chi connectivity index (χ4v) is 3.48. The molecule has 1 amide bonds. The highest BCUT2D eigenvalue weighted by atomic mass is 16.2. The Bertz CT molecular complexity index is 478. The molecular weight excluding hydrogens is 236 g/mol. The van der Waals surface area contributed by atoms with Crippen molar-refractivity contribution in [2.75, 3.05) is 17.2 Å². The molecule has 0 aromatic heterocycles. The second-order valence-electron chi connectivity index (χ2n) is 5.85. The van der Waals surface area contributed by atoms with Crippen LogP contribution in [0.25, 0.3) is 0 Å². The Morgan fingerprint density at radius 2 is 2.05 bits per heavy atom. The summed E-state index contributed by atoms with van der Waals surface area (Å²) in [6.45, 7) is 0.849. The number of amides is 1. The topological polar surface area (TPSA) is 46.3 Å². The van der Waals surface area contributed by atoms with E-state index in [1.807, 2.05) is 23.1 Å². The molecule has 1 saturated carbocycles. The zero-order valence-corrected chi connectivity index (χ0v) is 11.4. The number of nitrogen functional groups attached to an aromatic ring is 1. The number of benzene rings is 1. The van der Waals surface area contributed by atoms with Crippen LogP contribution in [0.15, 0.2) is 18.2 Å². The molecule has 1 heterocycles. The molecule has 19 heavy (non-hydrogen) atoms. The molecule has 1 aliphatic carbocycles. The normalized spacial score (nSPS) is 19.5. The number of nitrogens with two attached hydrogens (primary N) is 1. The summed E-state index contributed by atoms with van der Waals surface area (Å²) in [4.78, 5) is 14.5. The van der Waals surface area contributed by atoms with Crippen molar-refractivity contribution >= 4 is 17.3 Å². The fraction of sp³-hybridized carbons (Fsp3) is 0.562. The van der Waals surface area contributed by atoms with Crippen LogP contribution in [-0.2, 0) is 11.2 Å². The number of rotatable bonds is 2. The third kappa shape index (κ3) is 2.46. The summed E-state index contributed by atoms with van der Waals surface area (Å²) in [5.41, 5.74) is 9.07. The van der Waals surface area contributed by atoms with Gasteiger partial charge in [-0.25, -0.2) is 0 Å². The third-order valence-corrected chi connectivity index (χ3v) is 4.53. The number of hydrogen-bond acceptors (Lipinski definition) is 2. The van der Waals surface area contributed by atoms with Gasteiger partial charge in [-0.05, 0) is 49.3 Å². The van der Waals surface area contributed by atoms with Crippen LogP contribution in [0.1, 0.15) is 44.1 Å². The molecule has 1 aromatic carbocycles. The highest BCUT2D eigenvalue weighted by Gasteiger charge is 2.26. The Morgan fingerprint density at radius 1 is 1.26 bits per heavy atom. The van der Waals surface area contributed by atoms with Crippen molar-refractivity contribution in [2.24, 2.45) is 5.92 Å². The monoisotopic (exact) mass is 258 g/mol. The van der Waals surface area contributed by atoms with E-state index in [0.717, 1.165) is 36.3 Å². The van der Waals surface area contributed by atoms with Crippen molar-refractivity contribution in [3.63, 3.8) is 0 Å². The molecule has 0 saturated heterocycles. The highest BCUT2D eigenvalue weighted by Crippen LogP contribution is 2.34. The Hall–Kier alpha value is -1.51. The lowest BCUT2D eigenvalue weighted by Gasteiger charge is -2.31. The van der Waals surface area contributed by atoms with E-state index in [0.29, 0.717) is 18.2 Å². The summed E-state index contributed by atoms with van der Waals surface area (Å²) >= 11 is 0. The molecule has 3 nitrogen and oxygen atoms in total. The second-order valence-corrected chi connectivity index (χ2v) is 5.85. The van der Waals surface area contributed by atoms with Gasteiger partial charge in [0.15, 0.2) is 0 Å². The van der Waals surface area contributed by atoms with Gasteiger partial charge in [0, 0.05) is 24.3 Å². The Kier molecular flexibility index (Phi) is 3.45. The van der Waals surface area contributed by atoms with Gasteiger partial charge in [0.25, 0.3) is 0 Å². The minimum atomic E-state index is 0.290. The highest BCUT2D eigenvalue weighted by molar-refractivity contribution is 5.95. The van der Waals surface area contributed by atoms with Crippen molar-refractivity contribution in [1.82, 2.24) is 0 Å². The maximum Gasteiger partial charge on any atom is 0.227 e. The average molecular weight is 258 g/mol. The van der Waals surface area contributed by atoms with Crippen LogP contribution in [0, 0.1) is 5.92 Å². The number of carbonyl (C=O) groups excluding carboxylic acids is 1. The van der Waals surface area contributed by atoms with Crippen LogP contribution in [-0.4, -0.2) is 12.5 Å². The largest absolute Gasteiger partial charge is 0.398 e. The van der Waals surface area contributed by atoms with Crippen LogP contribution < -0.4 is 10.6 Å². The SMILES string of the molecule is Nc1cccc2c1CCCN2C(=O)CC1CCCC1. The molecule has 0 bridgehead atoms. The number of carbonyl (C=O) groups is 1. The maximum absolute atomic E-state index is 12.5. The quantitative estimate of drug-likeness (QED) is 0.828. The van der Waals surface area contributed by atoms with E-state index in [-0.39, 0.29) is 0 Å². The number of anilines is 2. The van der Waals surface area contributed by atoms with E-state index in [9.17, 15) is 4.79 Å². The van der Waals surface area contributed by atoms with E-state index in [2.05, 4.69) is 0 Å². The minimum Gasteiger partial charge on any atom is -0.398 e. The van der Waals surface area contributed by atoms with Crippen molar-refractivity contribution in [1.29, 1.82) is 0 Å². The summed E-state index contributed by atoms with van der Waals surface area (Å²) in [5, 5.41) is 0. The van der Waals surface area contributed by atoms with Gasteiger partial charge in [-0.1, -0.05) is 18.9 Å². The van der Waals surface area contributed by atoms with E-state index >= 15 is 0 Å². The van der Waals surface area contributed by atoms with Crippen molar-refractivity contribution in [3.05, 3.63) is 23.8 Å². The van der Waals surface area contributed by atoms with E-state index in [1.54, 1.807) is 0 Å². The first-order valence-electron chi connectivity index (χ1n) is 7.43. The van der Waals surface area contributed by atoms with Crippen molar-refractivity contribution < 1.29 is 4.79 Å². The lowest BCUT2D eigenvalue weighted by Crippen LogP contribution is -2.36. The van der Waals surface area contributed by atoms with Crippen LogP contribution in [0.3, 0.4) is 0 Å². The number of fused-ring (bicyclic) bond motifs is 1. The van der Waals surface area contributed by atoms with Crippen LogP contribution in [0.2, 0.25) is 0 Å². The van der Waals surface area contributed by atoms with E-state index in [1.165, 1.54) is 25.7 Å². The molecule has 2 N–H and O–H groups in total. The van der Waals surface area contributed by atoms with Gasteiger partial charge < -0.3 is 10.6 Å². The summed E-state index contributed by atoms with van der Waals surface area (Å²) in [6, 6.07) is 5.93. The molecule has 3 rings (SSSR count). The van der Waals surface area contributed by atoms with E-state index < -0.39 is 0 Å². The van der Waals surface area contributed by atoms with Gasteiger partial charge in [-0.15, -0.1) is 0 Å². The molecule has 3 heteroatoms. The molecule has 0 radical (unpaired) electrons. The zero-order valence-electron chi connectivity index (χ0n) is 11.4. The molecular formula is C16H22N2O. The van der Waals surface area contributed by atoms with Gasteiger partial charge in [0.05, 0.1) is 0 Å². The molecule has 0 atom stereocenters. The lowest BCUT2D eigenvalue weighted by molar-refractivity contribution is -0.119. The van der Waals surface area contributed by atoms with Gasteiger partial charge >= 0.3 is 0 Å². The zero-order chi connectivity index (χ0) is 13.2. The first-order valence-corrected chi connectivity index (χ1v) is 7.43. The van der Waals surface area contributed by atoms with Crippen molar-refractivity contribution in [3.8, 4) is 0 Å². The molecule has 102 valence electrons. The number of hydrogen-bond donors (Lipinski definition) is 1. The Labute approximate surface area is 114 Å². The molecule has 2 aliphatic rings. The molecule has 1 aliphatic heterocycles. The predicted molar refractivity (Wildman–Crippen MR) is 78.1 cm³/mol. The van der Waals surface area contributed by atoms with Crippen LogP contribution in [0.5, 0.6) is 0 Å². The summed E-state index contributed by atoms with van der Waals surface area (Å²) in [7, 11) is 0. The molecule has 0 unspecified atom stereocenters. The Balaban J connectivity index is 1.79. The summed E-state index contributed by atoms with van der Waals surface area (Å²) < 4.78 is 0. The average Bonchev–Trinajstić information content (AvgIpc) is 2.91. The molecule has 1 aromatic rings. The summed E-state index contributed by atoms with van der Waals surface area (Å²) in [5.74, 6) is 0.900. The van der Waals surface area contributed by atoms with Gasteiger partial charge in [-0.3, -0.25) is 4.79 Å². The predicted octanol–water partition coefficient (Wildman–Crippen LogP) is 3.13. The lowest BCUT2D eigenvalue weighted by atomic mass is 9.97. The van der Waals surface area contributed by atoms with E-state index in [4.69, 9.17) is 5.73 Å². The minimum absolute atomic E-state index is 0.290. The number of nitrogens with zero attached hydrogens (tertiary/aromatic N) is 1. The van der Waals surface area contributed by atoms with Gasteiger partial charge in [-0.2, -0.15) is 0 Å². The standard InChI is InChI=1S/C16H22N2O/c17-14-8-3-9-15-13(14)7-4-10-18(15)16(19)11-12-5-1-2-6-12/h3,8-9,12H,1-2,4-7,10-11,17H2.